The standard InChI is InChI=1S/C54H36N4.C17H12N.C15H10N.C13H12N.C11H8N.C5H8O2.3Ir/c1-54(2)47-32-45-40-25-12-10-23-38(40)37-22-9-11-24-39(37)44(45)31-46(47)42-28-29-43-41-26-13-14-27-48(41)58(50(43)49(42)54)36-21-15-20-35(30-36)53-56-51(33-16-5-3-6-17-33)55-52(57-53)34-18-7-4-8-19-34;1-3-7-14(8-4-1)16-11-12-18-17(13-16)15-9-5-2-6-10-15;1-2-7-13(8-3-1)15-14-9-5-4-6-12(14)10-11-16-15;1-10-8-13(14-9-11(10)2)12-6-4-3-5-7-12;1-2-6-10(7-3-1)11-8-4-5-9-12-11;1-4(6)3-5(2)7;;;/h3-32H,1-2H3;1-9,11-13H;1-7,9-11H;3-6,8-9H,1-2H3;1-6,8-9H;3,6H,1-2H3;;;/q;4*-1;;;;. The normalized spacial score (nSPS) is 11.3. The SMILES string of the molecule is CC(=O)C=C(C)O.CC1(C)c2cc3c4ccccc4c4ccccc4c3cc2-c2ccc3c4ccccc4n(-c4cccc(-c5nc(-c6ccccc6)nc(-c6ccccc6)n5)c4)c3c21.Cc1cnc(-c2[c-]cccc2)cc1C.[Ir].[Ir].[Ir].[c-]1ccccc1-c1cc(-c2ccccc2)ccn1.[c-]1ccccc1-c1ccccn1.[c-]1ccccc1-c1nccc2ccccc12. The van der Waals surface area contributed by atoms with Gasteiger partial charge in [0.15, 0.2) is 23.3 Å². The van der Waals surface area contributed by atoms with Crippen molar-refractivity contribution < 1.29 is 70.2 Å². The van der Waals surface area contributed by atoms with Gasteiger partial charge in [-0.15, -0.1) is 144 Å². The Morgan fingerprint density at radius 1 is 0.352 bits per heavy atom. The van der Waals surface area contributed by atoms with Crippen molar-refractivity contribution in [2.75, 3.05) is 0 Å². The van der Waals surface area contributed by atoms with Gasteiger partial charge in [-0.05, 0) is 181 Å². The first-order chi connectivity index (χ1) is 61.3. The third kappa shape index (κ3) is 20.1. The fourth-order valence-corrected chi connectivity index (χ4v) is 16.2. The first-order valence-corrected chi connectivity index (χ1v) is 41.7. The van der Waals surface area contributed by atoms with Gasteiger partial charge >= 0.3 is 0 Å². The summed E-state index contributed by atoms with van der Waals surface area (Å²) in [6.07, 6.45) is 8.55. The molecule has 22 rings (SSSR count). The summed E-state index contributed by atoms with van der Waals surface area (Å²) in [5.74, 6) is 1.88. The van der Waals surface area contributed by atoms with Crippen LogP contribution < -0.4 is 0 Å². The number of carbonyl (C=O) groups is 1. The van der Waals surface area contributed by atoms with Gasteiger partial charge in [0.05, 0.1) is 16.8 Å². The van der Waals surface area contributed by atoms with Crippen molar-refractivity contribution in [2.45, 2.75) is 47.0 Å². The first-order valence-electron chi connectivity index (χ1n) is 41.7. The van der Waals surface area contributed by atoms with Gasteiger partial charge in [-0.2, -0.15) is 0 Å². The Bertz CT molecular complexity index is 7280. The maximum Gasteiger partial charge on any atom is 0.164 e. The maximum absolute atomic E-state index is 10.0. The average molecular weight is 2190 g/mol. The van der Waals surface area contributed by atoms with Crippen LogP contribution in [0, 0.1) is 38.1 Å². The van der Waals surface area contributed by atoms with E-state index in [4.69, 9.17) is 20.1 Å². The van der Waals surface area contributed by atoms with Gasteiger partial charge < -0.3 is 29.6 Å². The van der Waals surface area contributed by atoms with Crippen LogP contribution in [0.25, 0.3) is 172 Å². The average Bonchev–Trinajstić information content (AvgIpc) is 1.52. The second kappa shape index (κ2) is 41.8. The Labute approximate surface area is 787 Å². The number of aliphatic hydroxyl groups excluding tert-OH is 1. The van der Waals surface area contributed by atoms with E-state index in [0.717, 1.165) is 67.4 Å². The number of benzene rings is 15. The molecule has 0 fully saturated rings. The van der Waals surface area contributed by atoms with Crippen molar-refractivity contribution >= 4 is 70.7 Å². The molecule has 629 valence electrons. The van der Waals surface area contributed by atoms with E-state index in [1.165, 1.54) is 129 Å². The van der Waals surface area contributed by atoms with Crippen LogP contribution in [0.15, 0.2) is 413 Å². The van der Waals surface area contributed by atoms with E-state index in [-0.39, 0.29) is 77.3 Å². The zero-order valence-electron chi connectivity index (χ0n) is 71.1. The van der Waals surface area contributed by atoms with Crippen LogP contribution in [0.2, 0.25) is 0 Å². The molecule has 15 aromatic carbocycles. The summed E-state index contributed by atoms with van der Waals surface area (Å²) in [6, 6.07) is 142. The second-order valence-electron chi connectivity index (χ2n) is 31.0. The van der Waals surface area contributed by atoms with Crippen molar-refractivity contribution in [2.24, 2.45) is 0 Å². The van der Waals surface area contributed by atoms with E-state index >= 15 is 0 Å². The van der Waals surface area contributed by atoms with Gasteiger partial charge in [-0.3, -0.25) is 4.79 Å². The molecule has 6 aromatic heterocycles. The van der Waals surface area contributed by atoms with E-state index in [2.05, 4.69) is 258 Å². The predicted molar refractivity (Wildman–Crippen MR) is 514 cm³/mol. The number of aliphatic hydroxyl groups is 1. The predicted octanol–water partition coefficient (Wildman–Crippen LogP) is 28.4. The maximum atomic E-state index is 10.0. The number of aryl methyl sites for hydroxylation is 2. The summed E-state index contributed by atoms with van der Waals surface area (Å²) in [4.78, 5) is 42.6. The Balaban J connectivity index is 0.000000152. The van der Waals surface area contributed by atoms with Gasteiger partial charge in [0.1, 0.15) is 0 Å². The molecule has 0 unspecified atom stereocenters. The molecule has 3 radical (unpaired) electrons. The minimum atomic E-state index is -0.280. The van der Waals surface area contributed by atoms with Crippen LogP contribution in [0.3, 0.4) is 0 Å². The van der Waals surface area contributed by atoms with E-state index < -0.39 is 0 Å². The summed E-state index contributed by atoms with van der Waals surface area (Å²) in [5.41, 5.74) is 24.3. The van der Waals surface area contributed by atoms with Crippen molar-refractivity contribution in [1.29, 1.82) is 0 Å². The fraction of sp³-hybridized carbons (Fsp3) is 0.0609. The minimum absolute atomic E-state index is 0. The fourth-order valence-electron chi connectivity index (χ4n) is 16.2. The topological polar surface area (TPSA) is 132 Å². The molecule has 0 bridgehead atoms. The number of rotatable bonds is 10. The van der Waals surface area contributed by atoms with Gasteiger partial charge in [0.25, 0.3) is 0 Å². The zero-order valence-corrected chi connectivity index (χ0v) is 78.3. The number of hydrogen-bond donors (Lipinski definition) is 1. The molecular formula is C115H86Ir3N8O2-4. The van der Waals surface area contributed by atoms with Crippen LogP contribution in [-0.2, 0) is 70.5 Å². The van der Waals surface area contributed by atoms with Crippen LogP contribution in [0.5, 0.6) is 0 Å². The van der Waals surface area contributed by atoms with E-state index in [9.17, 15) is 4.79 Å². The van der Waals surface area contributed by atoms with Crippen molar-refractivity contribution in [3.8, 4) is 107 Å². The summed E-state index contributed by atoms with van der Waals surface area (Å²) in [6.45, 7) is 11.8. The number of para-hydroxylation sites is 1. The van der Waals surface area contributed by atoms with Crippen molar-refractivity contribution in [1.82, 2.24) is 39.5 Å². The number of fused-ring (bicyclic) bond motifs is 14. The molecule has 0 saturated carbocycles. The van der Waals surface area contributed by atoms with Crippen LogP contribution in [0.4, 0.5) is 0 Å². The molecule has 0 saturated heterocycles. The molecular weight excluding hydrogens is 2100 g/mol. The van der Waals surface area contributed by atoms with Gasteiger partial charge in [0.2, 0.25) is 0 Å². The summed E-state index contributed by atoms with van der Waals surface area (Å²) >= 11 is 0. The van der Waals surface area contributed by atoms with Crippen LogP contribution in [0.1, 0.15) is 49.9 Å². The smallest absolute Gasteiger partial charge is 0.164 e. The van der Waals surface area contributed by atoms with Gasteiger partial charge in [-0.1, -0.05) is 250 Å². The molecule has 0 aliphatic heterocycles. The third-order valence-corrected chi connectivity index (χ3v) is 22.3. The Hall–Kier alpha value is -14.1. The van der Waals surface area contributed by atoms with Crippen LogP contribution >= 0.6 is 0 Å². The minimum Gasteiger partial charge on any atom is -0.512 e. The molecule has 1 aliphatic carbocycles. The Kier molecular flexibility index (Phi) is 29.4. The van der Waals surface area contributed by atoms with E-state index in [0.29, 0.717) is 17.5 Å². The molecule has 128 heavy (non-hydrogen) atoms. The second-order valence-corrected chi connectivity index (χ2v) is 31.0. The molecule has 1 aliphatic rings. The van der Waals surface area contributed by atoms with E-state index in [1.54, 1.807) is 6.20 Å². The number of ketones is 1. The molecule has 6 heterocycles. The van der Waals surface area contributed by atoms with Gasteiger partial charge in [0, 0.05) is 130 Å². The molecule has 1 N–H and O–H groups in total. The molecule has 21 aromatic rings. The monoisotopic (exact) mass is 2190 g/mol. The number of aromatic nitrogens is 8. The molecule has 0 amide bonds. The molecule has 10 nitrogen and oxygen atoms in total. The molecule has 0 atom stereocenters. The van der Waals surface area contributed by atoms with Crippen molar-refractivity contribution in [3.63, 3.8) is 0 Å². The quantitative estimate of drug-likeness (QED) is 0.0615. The van der Waals surface area contributed by atoms with Gasteiger partial charge in [-0.25, -0.2) is 15.0 Å². The number of nitrogens with zero attached hydrogens (tertiary/aromatic N) is 8. The number of allylic oxidation sites excluding steroid dienone is 2. The number of carbonyl (C=O) groups excluding carboxylic acids is 1. The number of hydrogen-bond acceptors (Lipinski definition) is 9. The third-order valence-electron chi connectivity index (χ3n) is 22.3. The molecule has 13 heteroatoms. The number of pyridine rings is 4. The van der Waals surface area contributed by atoms with Crippen LogP contribution in [-0.4, -0.2) is 50.3 Å². The van der Waals surface area contributed by atoms with E-state index in [1.807, 2.05) is 213 Å². The Morgan fingerprint density at radius 3 is 1.36 bits per heavy atom. The summed E-state index contributed by atoms with van der Waals surface area (Å²) in [5, 5.41) is 21.0. The molecule has 0 spiro atoms. The largest absolute Gasteiger partial charge is 0.512 e. The summed E-state index contributed by atoms with van der Waals surface area (Å²) in [7, 11) is 0. The first kappa shape index (κ1) is 90.2. The summed E-state index contributed by atoms with van der Waals surface area (Å²) < 4.78 is 2.47. The Morgan fingerprint density at radius 2 is 0.820 bits per heavy atom. The van der Waals surface area contributed by atoms with Crippen molar-refractivity contribution in [3.05, 3.63) is 459 Å². The zero-order chi connectivity index (χ0) is 85.6.